The number of pyridine rings is 2. The van der Waals surface area contributed by atoms with Gasteiger partial charge in [-0.15, -0.1) is 0 Å². The monoisotopic (exact) mass is 1120 g/mol. The average Bonchev–Trinajstić information content (AvgIpc) is 4.03. The molecule has 0 unspecified atom stereocenters. The van der Waals surface area contributed by atoms with Gasteiger partial charge < -0.3 is 48.8 Å². The first kappa shape index (κ1) is 62.9. The highest BCUT2D eigenvalue weighted by Gasteiger charge is 2.33. The summed E-state index contributed by atoms with van der Waals surface area (Å²) in [5.74, 6) is -2.08. The van der Waals surface area contributed by atoms with Crippen LogP contribution in [-0.2, 0) is 103 Å². The van der Waals surface area contributed by atoms with E-state index in [0.29, 0.717) is 64.2 Å². The van der Waals surface area contributed by atoms with E-state index < -0.39 is 23.8 Å². The molecule has 0 radical (unpaired) electrons. The smallest absolute Gasteiger partial charge is 0.306 e. The predicted molar refractivity (Wildman–Crippen MR) is 300 cm³/mol. The lowest BCUT2D eigenvalue weighted by molar-refractivity contribution is -0.147. The number of aliphatic hydroxyl groups is 1. The fourth-order valence-corrected chi connectivity index (χ4v) is 10.3. The molecule has 0 saturated carbocycles. The van der Waals surface area contributed by atoms with Crippen molar-refractivity contribution < 1.29 is 58.2 Å². The number of carbonyl (C=O) groups excluding carboxylic acids is 3. The molecule has 2 aromatic heterocycles. The van der Waals surface area contributed by atoms with E-state index >= 15 is 0 Å². The van der Waals surface area contributed by atoms with Gasteiger partial charge in [0, 0.05) is 105 Å². The number of carboxylic acids is 1. The minimum atomic E-state index is -0.997. The van der Waals surface area contributed by atoms with Crippen molar-refractivity contribution in [2.45, 2.75) is 116 Å². The first-order chi connectivity index (χ1) is 39.5. The number of hydrogen-bond acceptors (Lipinski definition) is 15. The second-order valence-corrected chi connectivity index (χ2v) is 20.3. The van der Waals surface area contributed by atoms with Gasteiger partial charge in [0.1, 0.15) is 11.5 Å². The van der Waals surface area contributed by atoms with Crippen molar-refractivity contribution in [1.82, 2.24) is 19.8 Å². The number of phenols is 1. The summed E-state index contributed by atoms with van der Waals surface area (Å²) in [6.07, 6.45) is 14.0. The van der Waals surface area contributed by atoms with E-state index in [2.05, 4.69) is 43.2 Å². The fraction of sp³-hybridized carbons (Fsp3) is 0.559. The number of nitrogens with zero attached hydrogens (tertiary/aromatic N) is 10. The van der Waals surface area contributed by atoms with Crippen molar-refractivity contribution in [2.24, 2.45) is 22.1 Å². The number of phenolic OH excluding ortho intramolecular Hbond substituents is 1. The number of hydrogen-bond donors (Lipinski definition) is 3. The number of ether oxygens (including phenoxy) is 5. The van der Waals surface area contributed by atoms with E-state index in [1.165, 1.54) is 74.6 Å². The highest BCUT2D eigenvalue weighted by molar-refractivity contribution is 5.85. The average molecular weight is 1120 g/mol. The topological polar surface area (TPSA) is 305 Å². The first-order valence-corrected chi connectivity index (χ1v) is 28.2. The third-order valence-electron chi connectivity index (χ3n) is 14.5. The molecular formula is C59H78N10O12. The van der Waals surface area contributed by atoms with E-state index in [1.54, 1.807) is 28.0 Å². The molecule has 4 aromatic rings. The van der Waals surface area contributed by atoms with Crippen LogP contribution in [0.1, 0.15) is 108 Å². The van der Waals surface area contributed by atoms with Gasteiger partial charge in [0.25, 0.3) is 0 Å². The van der Waals surface area contributed by atoms with Crippen LogP contribution in [0.25, 0.3) is 20.9 Å². The number of methoxy groups -OCH3 is 1. The van der Waals surface area contributed by atoms with Crippen molar-refractivity contribution in [3.8, 4) is 11.5 Å². The van der Waals surface area contributed by atoms with Crippen molar-refractivity contribution in [3.63, 3.8) is 0 Å². The predicted octanol–water partition coefficient (Wildman–Crippen LogP) is 7.96. The molecule has 2 aliphatic carbocycles. The van der Waals surface area contributed by atoms with Crippen LogP contribution in [-0.4, -0.2) is 145 Å². The molecule has 22 nitrogen and oxygen atoms in total. The number of aryl methyl sites for hydroxylation is 4. The Hall–Kier alpha value is -7.32. The molecule has 0 spiro atoms. The summed E-state index contributed by atoms with van der Waals surface area (Å²) >= 11 is 0. The van der Waals surface area contributed by atoms with Gasteiger partial charge in [0.15, 0.2) is 0 Å². The maximum Gasteiger partial charge on any atom is 0.306 e. The number of amides is 2. The lowest BCUT2D eigenvalue weighted by Crippen LogP contribution is -2.38. The van der Waals surface area contributed by atoms with Crippen LogP contribution >= 0.6 is 0 Å². The molecule has 2 amide bonds. The van der Waals surface area contributed by atoms with E-state index in [1.807, 2.05) is 24.3 Å². The number of fused-ring (bicyclic) bond motifs is 4. The summed E-state index contributed by atoms with van der Waals surface area (Å²) in [4.78, 5) is 67.0. The molecule has 1 fully saturated rings. The molecule has 22 heteroatoms. The zero-order valence-electron chi connectivity index (χ0n) is 46.6. The van der Waals surface area contributed by atoms with Crippen molar-refractivity contribution >= 4 is 23.8 Å². The van der Waals surface area contributed by atoms with Crippen molar-refractivity contribution in [1.29, 1.82) is 0 Å². The summed E-state index contributed by atoms with van der Waals surface area (Å²) in [7, 11) is 1.30. The zero-order chi connectivity index (χ0) is 57.6. The highest BCUT2D eigenvalue weighted by atomic mass is 16.5. The van der Waals surface area contributed by atoms with Gasteiger partial charge >= 0.3 is 11.9 Å². The molecule has 5 heterocycles. The molecule has 0 bridgehead atoms. The van der Waals surface area contributed by atoms with Crippen LogP contribution < -0.4 is 4.74 Å². The van der Waals surface area contributed by atoms with Gasteiger partial charge in [-0.25, -0.2) is 0 Å². The van der Waals surface area contributed by atoms with Crippen LogP contribution in [0.5, 0.6) is 11.5 Å². The van der Waals surface area contributed by atoms with E-state index in [9.17, 15) is 29.4 Å². The van der Waals surface area contributed by atoms with Crippen LogP contribution in [0, 0.1) is 11.8 Å². The van der Waals surface area contributed by atoms with Crippen LogP contribution in [0.15, 0.2) is 70.9 Å². The van der Waals surface area contributed by atoms with Gasteiger partial charge in [-0.3, -0.25) is 29.1 Å². The second-order valence-electron chi connectivity index (χ2n) is 20.3. The number of carbonyl (C=O) groups is 4. The summed E-state index contributed by atoms with van der Waals surface area (Å²) in [5.41, 5.74) is 27.6. The SMILES string of the molecule is C1CCOC1.COC(=O)C[C@@H]1Cc2ccc(O)cc2CN(CCOCCN=[N+]=[N-])C1=O.OCCc1ccc2c(n1)CCCC2.[N-]=[N+]=NCCOCCN1Cc2cc(OCCc3ccc4c(n3)CCCC4)ccc2C[C@@H](CC(=O)O)C1=O. The molecule has 81 heavy (non-hydrogen) atoms. The Labute approximate surface area is 473 Å². The van der Waals surface area contributed by atoms with Gasteiger partial charge in [-0.05, 0) is 158 Å². The summed E-state index contributed by atoms with van der Waals surface area (Å²) in [6, 6.07) is 19.3. The number of rotatable bonds is 22. The lowest BCUT2D eigenvalue weighted by atomic mass is 9.94. The van der Waals surface area contributed by atoms with E-state index in [4.69, 9.17) is 44.8 Å². The minimum absolute atomic E-state index is 0.00386. The Balaban J connectivity index is 0.000000205. The van der Waals surface area contributed by atoms with Gasteiger partial charge in [-0.2, -0.15) is 0 Å². The highest BCUT2D eigenvalue weighted by Crippen LogP contribution is 2.30. The first-order valence-electron chi connectivity index (χ1n) is 28.2. The zero-order valence-corrected chi connectivity index (χ0v) is 46.6. The molecule has 5 aliphatic rings. The number of azide groups is 2. The maximum atomic E-state index is 13.1. The summed E-state index contributed by atoms with van der Waals surface area (Å²) in [6.45, 7) is 5.57. The molecule has 2 aromatic carbocycles. The number of aliphatic hydroxyl groups excluding tert-OH is 1. The fourth-order valence-electron chi connectivity index (χ4n) is 10.3. The number of aromatic hydroxyl groups is 1. The third-order valence-corrected chi connectivity index (χ3v) is 14.5. The normalized spacial score (nSPS) is 16.9. The maximum absolute atomic E-state index is 13.1. The number of esters is 1. The van der Waals surface area contributed by atoms with Crippen LogP contribution in [0.2, 0.25) is 0 Å². The van der Waals surface area contributed by atoms with Crippen molar-refractivity contribution in [2.75, 3.05) is 86.1 Å². The van der Waals surface area contributed by atoms with E-state index in [0.717, 1.165) is 66.1 Å². The Bertz CT molecular complexity index is 2780. The van der Waals surface area contributed by atoms with Crippen molar-refractivity contribution in [3.05, 3.63) is 138 Å². The quantitative estimate of drug-likeness (QED) is 0.0221. The van der Waals surface area contributed by atoms with Gasteiger partial charge in [-0.1, -0.05) is 34.5 Å². The second kappa shape index (κ2) is 34.7. The molecule has 9 rings (SSSR count). The standard InChI is InChI=1S/C27H33N5O5.C17H22N4O5.C11H15NO.C4H8O/c28-31-29-10-13-36-14-11-32-18-22-16-24(8-6-20(22)15-21(27(32)35)17-26(33)34)37-12-9-23-7-5-19-3-1-2-4-25(19)30-23;1-25-16(23)10-13-8-12-2-3-15(22)9-14(12)11-21(17(13)24)5-7-26-6-4-19-20-18;13-8-7-10-6-5-9-3-1-2-4-11(9)12-10;1-2-4-5-3-1/h5-8,16,21H,1-4,9-15,17-18H2,(H,33,34);2-3,9,13,22H,4-8,10-11H2,1H3;5-6,13H,1-4,7-8H2;1-4H2/t21-;13-;;/m00../s1. The Morgan fingerprint density at radius 3 is 1.69 bits per heavy atom. The molecule has 436 valence electrons. The molecule has 3 N–H and O–H groups in total. The number of aromatic nitrogens is 2. The molecular weight excluding hydrogens is 1040 g/mol. The Morgan fingerprint density at radius 2 is 1.17 bits per heavy atom. The van der Waals surface area contributed by atoms with Gasteiger partial charge in [0.05, 0.1) is 64.8 Å². The lowest BCUT2D eigenvalue weighted by Gasteiger charge is -2.24. The number of benzene rings is 2. The van der Waals surface area contributed by atoms with Gasteiger partial charge in [0.2, 0.25) is 11.8 Å². The van der Waals surface area contributed by atoms with Crippen LogP contribution in [0.4, 0.5) is 0 Å². The number of aliphatic carboxylic acids is 1. The Kier molecular flexibility index (Phi) is 27.0. The summed E-state index contributed by atoms with van der Waals surface area (Å²) in [5, 5.41) is 34.7. The third kappa shape index (κ3) is 21.3. The van der Waals surface area contributed by atoms with Crippen LogP contribution in [0.3, 0.4) is 0 Å². The molecule has 1 saturated heterocycles. The summed E-state index contributed by atoms with van der Waals surface area (Å²) < 4.78 is 26.6. The Morgan fingerprint density at radius 1 is 0.654 bits per heavy atom. The van der Waals surface area contributed by atoms with E-state index in [-0.39, 0.29) is 76.5 Å². The minimum Gasteiger partial charge on any atom is -0.508 e. The molecule has 3 aliphatic heterocycles. The molecule has 2 atom stereocenters. The number of carboxylic acid groups (broad SMARTS) is 1. The largest absolute Gasteiger partial charge is 0.508 e.